The summed E-state index contributed by atoms with van der Waals surface area (Å²) < 4.78 is 10.5. The van der Waals surface area contributed by atoms with Gasteiger partial charge in [-0.2, -0.15) is 0 Å². The van der Waals surface area contributed by atoms with Gasteiger partial charge in [0.25, 0.3) is 5.91 Å². The molecule has 3 aromatic rings. The maximum absolute atomic E-state index is 11.8. The number of carbonyl (C=O) groups excluding carboxylic acids is 1. The number of pyridine rings is 1. The number of amides is 1. The quantitative estimate of drug-likeness (QED) is 0.728. The van der Waals surface area contributed by atoms with E-state index in [2.05, 4.69) is 10.3 Å². The minimum Gasteiger partial charge on any atom is -0.484 e. The maximum Gasteiger partial charge on any atom is 0.336 e. The highest BCUT2D eigenvalue weighted by molar-refractivity contribution is 5.79. The number of fused-ring (bicyclic) bond motifs is 1. The summed E-state index contributed by atoms with van der Waals surface area (Å²) in [5.41, 5.74) is 0.956. The van der Waals surface area contributed by atoms with Crippen LogP contribution in [-0.2, 0) is 11.3 Å². The van der Waals surface area contributed by atoms with Crippen molar-refractivity contribution < 1.29 is 13.9 Å². The van der Waals surface area contributed by atoms with E-state index < -0.39 is 5.63 Å². The molecule has 0 saturated heterocycles. The van der Waals surface area contributed by atoms with Crippen LogP contribution in [0.1, 0.15) is 5.56 Å². The highest BCUT2D eigenvalue weighted by atomic mass is 16.5. The van der Waals surface area contributed by atoms with Gasteiger partial charge in [-0.05, 0) is 35.9 Å². The summed E-state index contributed by atoms with van der Waals surface area (Å²) in [7, 11) is 0. The molecule has 0 aliphatic rings. The number of carbonyl (C=O) groups is 1. The molecule has 0 saturated carbocycles. The number of hydrogen-bond donors (Lipinski definition) is 1. The Balaban J connectivity index is 1.57. The summed E-state index contributed by atoms with van der Waals surface area (Å²) in [4.78, 5) is 26.9. The molecule has 116 valence electrons. The van der Waals surface area contributed by atoms with Crippen molar-refractivity contribution >= 4 is 16.9 Å². The predicted octanol–water partition coefficient (Wildman–Crippen LogP) is 1.88. The monoisotopic (exact) mass is 310 g/mol. The zero-order chi connectivity index (χ0) is 16.1. The van der Waals surface area contributed by atoms with Crippen molar-refractivity contribution in [2.75, 3.05) is 6.61 Å². The highest BCUT2D eigenvalue weighted by Crippen LogP contribution is 2.19. The molecule has 3 rings (SSSR count). The van der Waals surface area contributed by atoms with Crippen molar-refractivity contribution in [2.24, 2.45) is 0 Å². The molecule has 6 heteroatoms. The van der Waals surface area contributed by atoms with E-state index in [-0.39, 0.29) is 12.5 Å². The molecule has 0 spiro atoms. The Kier molecular flexibility index (Phi) is 4.33. The third kappa shape index (κ3) is 3.94. The molecule has 1 amide bonds. The topological polar surface area (TPSA) is 81.4 Å². The van der Waals surface area contributed by atoms with Gasteiger partial charge in [-0.15, -0.1) is 0 Å². The summed E-state index contributed by atoms with van der Waals surface area (Å²) in [6, 6.07) is 11.8. The van der Waals surface area contributed by atoms with Gasteiger partial charge in [0.15, 0.2) is 6.61 Å². The normalized spacial score (nSPS) is 10.4. The highest BCUT2D eigenvalue weighted by Gasteiger charge is 2.05. The van der Waals surface area contributed by atoms with Crippen LogP contribution >= 0.6 is 0 Å². The lowest BCUT2D eigenvalue weighted by Gasteiger charge is -2.08. The Bertz CT molecular complexity index is 874. The fourth-order valence-electron chi connectivity index (χ4n) is 2.03. The summed E-state index contributed by atoms with van der Waals surface area (Å²) in [6.45, 7) is 0.297. The number of nitrogens with one attached hydrogen (secondary N) is 1. The number of aromatic nitrogens is 1. The number of nitrogens with zero attached hydrogens (tertiary/aromatic N) is 1. The van der Waals surface area contributed by atoms with E-state index in [9.17, 15) is 9.59 Å². The molecule has 0 aliphatic heterocycles. The van der Waals surface area contributed by atoms with Crippen LogP contribution in [0.15, 0.2) is 64.1 Å². The van der Waals surface area contributed by atoms with Gasteiger partial charge in [0.05, 0.1) is 0 Å². The molecule has 0 aliphatic carbocycles. The second-order valence-electron chi connectivity index (χ2n) is 4.87. The van der Waals surface area contributed by atoms with Crippen LogP contribution < -0.4 is 15.7 Å². The smallest absolute Gasteiger partial charge is 0.336 e. The third-order valence-corrected chi connectivity index (χ3v) is 3.20. The number of benzene rings is 1. The van der Waals surface area contributed by atoms with Gasteiger partial charge < -0.3 is 14.5 Å². The number of rotatable bonds is 5. The first-order valence-electron chi connectivity index (χ1n) is 7.03. The largest absolute Gasteiger partial charge is 0.484 e. The Morgan fingerprint density at radius 1 is 1.13 bits per heavy atom. The average Bonchev–Trinajstić information content (AvgIpc) is 2.58. The number of ether oxygens (including phenoxy) is 1. The summed E-state index contributed by atoms with van der Waals surface area (Å²) in [5, 5.41) is 3.54. The molecular weight excluding hydrogens is 296 g/mol. The molecule has 0 atom stereocenters. The van der Waals surface area contributed by atoms with Gasteiger partial charge in [-0.25, -0.2) is 4.79 Å². The van der Waals surface area contributed by atoms with Crippen LogP contribution in [-0.4, -0.2) is 17.5 Å². The lowest BCUT2D eigenvalue weighted by Crippen LogP contribution is -2.28. The second-order valence-corrected chi connectivity index (χ2v) is 4.87. The molecular formula is C17H14N2O4. The zero-order valence-electron chi connectivity index (χ0n) is 12.2. The van der Waals surface area contributed by atoms with Gasteiger partial charge >= 0.3 is 5.63 Å². The molecule has 1 aromatic carbocycles. The van der Waals surface area contributed by atoms with E-state index in [1.54, 1.807) is 36.7 Å². The average molecular weight is 310 g/mol. The molecule has 0 unspecified atom stereocenters. The van der Waals surface area contributed by atoms with Crippen molar-refractivity contribution in [3.63, 3.8) is 0 Å². The molecule has 0 fully saturated rings. The standard InChI is InChI=1S/C17H14N2O4/c20-16(19-10-12-5-7-18-8-6-12)11-22-14-3-1-13-2-4-17(21)23-15(13)9-14/h1-9H,10-11H2,(H,19,20). The third-order valence-electron chi connectivity index (χ3n) is 3.20. The van der Waals surface area contributed by atoms with E-state index in [1.165, 1.54) is 6.07 Å². The van der Waals surface area contributed by atoms with Gasteiger partial charge in [0.1, 0.15) is 11.3 Å². The zero-order valence-corrected chi connectivity index (χ0v) is 12.2. The van der Waals surface area contributed by atoms with Crippen molar-refractivity contribution in [1.29, 1.82) is 0 Å². The van der Waals surface area contributed by atoms with E-state index in [1.807, 2.05) is 12.1 Å². The Morgan fingerprint density at radius 3 is 2.74 bits per heavy atom. The van der Waals surface area contributed by atoms with E-state index in [0.29, 0.717) is 17.9 Å². The molecule has 6 nitrogen and oxygen atoms in total. The van der Waals surface area contributed by atoms with Crippen molar-refractivity contribution in [1.82, 2.24) is 10.3 Å². The van der Waals surface area contributed by atoms with Crippen LogP contribution in [0.2, 0.25) is 0 Å². The fraction of sp³-hybridized carbons (Fsp3) is 0.118. The van der Waals surface area contributed by atoms with Gasteiger partial charge in [-0.1, -0.05) is 0 Å². The van der Waals surface area contributed by atoms with Gasteiger partial charge in [0, 0.05) is 36.5 Å². The molecule has 0 radical (unpaired) electrons. The second kappa shape index (κ2) is 6.74. The summed E-state index contributed by atoms with van der Waals surface area (Å²) in [6.07, 6.45) is 3.34. The maximum atomic E-state index is 11.8. The summed E-state index contributed by atoms with van der Waals surface area (Å²) in [5.74, 6) is 0.224. The van der Waals surface area contributed by atoms with Crippen LogP contribution in [0, 0.1) is 0 Å². The van der Waals surface area contributed by atoms with Gasteiger partial charge in [-0.3, -0.25) is 9.78 Å². The van der Waals surface area contributed by atoms with Crippen LogP contribution in [0.25, 0.3) is 11.0 Å². The van der Waals surface area contributed by atoms with Crippen molar-refractivity contribution in [3.8, 4) is 5.75 Å². The van der Waals surface area contributed by atoms with E-state index in [0.717, 1.165) is 10.9 Å². The minimum atomic E-state index is -0.426. The first-order valence-corrected chi connectivity index (χ1v) is 7.03. The van der Waals surface area contributed by atoms with Crippen LogP contribution in [0.5, 0.6) is 5.75 Å². The van der Waals surface area contributed by atoms with Crippen LogP contribution in [0.4, 0.5) is 0 Å². The van der Waals surface area contributed by atoms with E-state index in [4.69, 9.17) is 9.15 Å². The molecule has 0 bridgehead atoms. The predicted molar refractivity (Wildman–Crippen MR) is 84.1 cm³/mol. The lowest BCUT2D eigenvalue weighted by molar-refractivity contribution is -0.123. The van der Waals surface area contributed by atoms with Crippen LogP contribution in [0.3, 0.4) is 0 Å². The fourth-order valence-corrected chi connectivity index (χ4v) is 2.03. The molecule has 2 heterocycles. The number of hydrogen-bond acceptors (Lipinski definition) is 5. The van der Waals surface area contributed by atoms with E-state index >= 15 is 0 Å². The minimum absolute atomic E-state index is 0.117. The van der Waals surface area contributed by atoms with Gasteiger partial charge in [0.2, 0.25) is 0 Å². The first kappa shape index (κ1) is 14.8. The molecule has 23 heavy (non-hydrogen) atoms. The Labute approximate surface area is 131 Å². The lowest BCUT2D eigenvalue weighted by atomic mass is 10.2. The molecule has 1 N–H and O–H groups in total. The first-order chi connectivity index (χ1) is 11.2. The Morgan fingerprint density at radius 2 is 1.91 bits per heavy atom. The van der Waals surface area contributed by atoms with Crippen molar-refractivity contribution in [3.05, 3.63) is 70.8 Å². The Hall–Kier alpha value is -3.15. The SMILES string of the molecule is O=C(COc1ccc2ccc(=O)oc2c1)NCc1ccncc1. The molecule has 2 aromatic heterocycles. The van der Waals surface area contributed by atoms with Crippen molar-refractivity contribution in [2.45, 2.75) is 6.54 Å². The summed E-state index contributed by atoms with van der Waals surface area (Å²) >= 11 is 0.